The summed E-state index contributed by atoms with van der Waals surface area (Å²) in [6.07, 6.45) is 0.630. The second kappa shape index (κ2) is 6.00. The van der Waals surface area contributed by atoms with Crippen molar-refractivity contribution >= 4 is 10.2 Å². The summed E-state index contributed by atoms with van der Waals surface area (Å²) in [5.74, 6) is 0. The van der Waals surface area contributed by atoms with Crippen LogP contribution in [0.2, 0.25) is 0 Å². The molecule has 0 amide bonds. The molecular weight excluding hydrogens is 264 g/mol. The predicted molar refractivity (Wildman–Crippen MR) is 73.8 cm³/mol. The minimum Gasteiger partial charge on any atom is -0.392 e. The Morgan fingerprint density at radius 1 is 1.37 bits per heavy atom. The smallest absolute Gasteiger partial charge is 0.279 e. The summed E-state index contributed by atoms with van der Waals surface area (Å²) in [6, 6.07) is 7.88. The molecule has 1 unspecified atom stereocenters. The number of aliphatic hydroxyl groups excluding tert-OH is 1. The van der Waals surface area contributed by atoms with Crippen molar-refractivity contribution in [3.8, 4) is 0 Å². The standard InChI is InChI=1S/C13H20N2O3S/c1-2-13(16)9-14-19(17,18)15-8-7-11-5-3-4-6-12(11)10-15/h3-6,13-14,16H,2,7-10H2,1H3. The maximum atomic E-state index is 12.1. The first-order chi connectivity index (χ1) is 9.03. The van der Waals surface area contributed by atoms with Crippen molar-refractivity contribution in [1.82, 2.24) is 9.03 Å². The highest BCUT2D eigenvalue weighted by molar-refractivity contribution is 7.87. The summed E-state index contributed by atoms with van der Waals surface area (Å²) in [5.41, 5.74) is 2.26. The van der Waals surface area contributed by atoms with E-state index in [0.717, 1.165) is 12.0 Å². The van der Waals surface area contributed by atoms with Crippen LogP contribution in [0.1, 0.15) is 24.5 Å². The maximum absolute atomic E-state index is 12.1. The Labute approximate surface area is 114 Å². The number of hydrogen-bond acceptors (Lipinski definition) is 3. The van der Waals surface area contributed by atoms with Crippen LogP contribution in [0, 0.1) is 0 Å². The molecule has 1 aliphatic rings. The van der Waals surface area contributed by atoms with Gasteiger partial charge in [-0.15, -0.1) is 0 Å². The molecule has 1 heterocycles. The molecule has 0 saturated carbocycles. The van der Waals surface area contributed by atoms with E-state index in [1.165, 1.54) is 9.87 Å². The van der Waals surface area contributed by atoms with Gasteiger partial charge in [-0.3, -0.25) is 0 Å². The van der Waals surface area contributed by atoms with Crippen molar-refractivity contribution in [2.45, 2.75) is 32.4 Å². The Morgan fingerprint density at radius 3 is 2.74 bits per heavy atom. The lowest BCUT2D eigenvalue weighted by molar-refractivity contribution is 0.173. The molecule has 2 N–H and O–H groups in total. The molecule has 106 valence electrons. The largest absolute Gasteiger partial charge is 0.392 e. The number of nitrogens with zero attached hydrogens (tertiary/aromatic N) is 1. The highest BCUT2D eigenvalue weighted by Crippen LogP contribution is 2.20. The van der Waals surface area contributed by atoms with Gasteiger partial charge in [-0.25, -0.2) is 0 Å². The van der Waals surface area contributed by atoms with Gasteiger partial charge in [0.1, 0.15) is 0 Å². The molecule has 5 nitrogen and oxygen atoms in total. The Kier molecular flexibility index (Phi) is 4.57. The van der Waals surface area contributed by atoms with E-state index in [4.69, 9.17) is 0 Å². The average Bonchev–Trinajstić information content (AvgIpc) is 2.44. The quantitative estimate of drug-likeness (QED) is 0.834. The summed E-state index contributed by atoms with van der Waals surface area (Å²) in [5, 5.41) is 9.43. The Bertz CT molecular complexity index is 530. The van der Waals surface area contributed by atoms with Gasteiger partial charge >= 0.3 is 0 Å². The van der Waals surface area contributed by atoms with Crippen LogP contribution in [0.5, 0.6) is 0 Å². The lowest BCUT2D eigenvalue weighted by atomic mass is 10.0. The lowest BCUT2D eigenvalue weighted by Gasteiger charge is -2.28. The minimum atomic E-state index is -3.51. The number of hydrogen-bond donors (Lipinski definition) is 2. The molecule has 0 bridgehead atoms. The fourth-order valence-electron chi connectivity index (χ4n) is 2.11. The van der Waals surface area contributed by atoms with Crippen molar-refractivity contribution in [1.29, 1.82) is 0 Å². The molecule has 1 aliphatic heterocycles. The molecule has 0 radical (unpaired) electrons. The second-order valence-electron chi connectivity index (χ2n) is 4.77. The molecule has 0 saturated heterocycles. The third kappa shape index (κ3) is 3.54. The molecule has 1 aromatic rings. The molecule has 0 spiro atoms. The summed E-state index contributed by atoms with van der Waals surface area (Å²) in [6.45, 7) is 2.76. The van der Waals surface area contributed by atoms with Gasteiger partial charge < -0.3 is 5.11 Å². The maximum Gasteiger partial charge on any atom is 0.279 e. The summed E-state index contributed by atoms with van der Waals surface area (Å²) in [4.78, 5) is 0. The summed E-state index contributed by atoms with van der Waals surface area (Å²) < 4.78 is 28.1. The number of fused-ring (bicyclic) bond motifs is 1. The molecule has 0 aromatic heterocycles. The van der Waals surface area contributed by atoms with Gasteiger partial charge in [0.2, 0.25) is 0 Å². The number of rotatable bonds is 5. The zero-order valence-corrected chi connectivity index (χ0v) is 11.9. The normalized spacial score (nSPS) is 18.0. The lowest BCUT2D eigenvalue weighted by Crippen LogP contribution is -2.45. The van der Waals surface area contributed by atoms with Crippen molar-refractivity contribution in [3.63, 3.8) is 0 Å². The van der Waals surface area contributed by atoms with Crippen LogP contribution in [-0.4, -0.2) is 37.0 Å². The van der Waals surface area contributed by atoms with Gasteiger partial charge in [0.05, 0.1) is 6.10 Å². The Morgan fingerprint density at radius 2 is 2.05 bits per heavy atom. The molecule has 2 rings (SSSR count). The first-order valence-electron chi connectivity index (χ1n) is 6.52. The van der Waals surface area contributed by atoms with Crippen molar-refractivity contribution in [2.75, 3.05) is 13.1 Å². The van der Waals surface area contributed by atoms with E-state index in [1.54, 1.807) is 0 Å². The monoisotopic (exact) mass is 284 g/mol. The topological polar surface area (TPSA) is 69.6 Å². The Hall–Kier alpha value is -0.950. The predicted octanol–water partition coefficient (Wildman–Crippen LogP) is 0.650. The van der Waals surface area contributed by atoms with Crippen LogP contribution in [0.15, 0.2) is 24.3 Å². The van der Waals surface area contributed by atoms with Gasteiger partial charge in [0.15, 0.2) is 0 Å². The zero-order chi connectivity index (χ0) is 13.9. The molecule has 0 aliphatic carbocycles. The van der Waals surface area contributed by atoms with Crippen LogP contribution in [0.3, 0.4) is 0 Å². The van der Waals surface area contributed by atoms with Gasteiger partial charge in [0, 0.05) is 19.6 Å². The summed E-state index contributed by atoms with van der Waals surface area (Å²) in [7, 11) is -3.51. The van der Waals surface area contributed by atoms with Crippen LogP contribution < -0.4 is 4.72 Å². The van der Waals surface area contributed by atoms with E-state index in [2.05, 4.69) is 4.72 Å². The molecule has 1 aromatic carbocycles. The first-order valence-corrected chi connectivity index (χ1v) is 7.96. The third-order valence-electron chi connectivity index (χ3n) is 3.41. The summed E-state index contributed by atoms with van der Waals surface area (Å²) >= 11 is 0. The van der Waals surface area contributed by atoms with E-state index in [0.29, 0.717) is 19.5 Å². The highest BCUT2D eigenvalue weighted by Gasteiger charge is 2.26. The van der Waals surface area contributed by atoms with Crippen LogP contribution >= 0.6 is 0 Å². The number of nitrogens with one attached hydrogen (secondary N) is 1. The molecular formula is C13H20N2O3S. The van der Waals surface area contributed by atoms with Crippen LogP contribution in [-0.2, 0) is 23.2 Å². The first kappa shape index (κ1) is 14.5. The van der Waals surface area contributed by atoms with E-state index in [-0.39, 0.29) is 6.54 Å². The highest BCUT2D eigenvalue weighted by atomic mass is 32.2. The minimum absolute atomic E-state index is 0.0664. The van der Waals surface area contributed by atoms with Crippen molar-refractivity contribution < 1.29 is 13.5 Å². The van der Waals surface area contributed by atoms with Gasteiger partial charge in [-0.05, 0) is 24.0 Å². The second-order valence-corrected chi connectivity index (χ2v) is 6.52. The average molecular weight is 284 g/mol. The van der Waals surface area contributed by atoms with Crippen LogP contribution in [0.25, 0.3) is 0 Å². The molecule has 0 fully saturated rings. The fourth-order valence-corrected chi connectivity index (χ4v) is 3.34. The van der Waals surface area contributed by atoms with E-state index in [9.17, 15) is 13.5 Å². The Balaban J connectivity index is 2.03. The molecule has 19 heavy (non-hydrogen) atoms. The van der Waals surface area contributed by atoms with Gasteiger partial charge in [-0.2, -0.15) is 17.4 Å². The molecule has 6 heteroatoms. The fraction of sp³-hybridized carbons (Fsp3) is 0.538. The SMILES string of the molecule is CCC(O)CNS(=O)(=O)N1CCc2ccccc2C1. The van der Waals surface area contributed by atoms with E-state index in [1.807, 2.05) is 31.2 Å². The van der Waals surface area contributed by atoms with Crippen molar-refractivity contribution in [3.05, 3.63) is 35.4 Å². The van der Waals surface area contributed by atoms with Gasteiger partial charge in [0.25, 0.3) is 10.2 Å². The zero-order valence-electron chi connectivity index (χ0n) is 11.0. The number of benzene rings is 1. The number of aliphatic hydroxyl groups is 1. The third-order valence-corrected chi connectivity index (χ3v) is 4.93. The van der Waals surface area contributed by atoms with E-state index < -0.39 is 16.3 Å². The van der Waals surface area contributed by atoms with Crippen molar-refractivity contribution in [2.24, 2.45) is 0 Å². The van der Waals surface area contributed by atoms with E-state index >= 15 is 0 Å². The van der Waals surface area contributed by atoms with Gasteiger partial charge in [-0.1, -0.05) is 31.2 Å². The van der Waals surface area contributed by atoms with Crippen LogP contribution in [0.4, 0.5) is 0 Å². The molecule has 1 atom stereocenters.